The summed E-state index contributed by atoms with van der Waals surface area (Å²) in [5.74, 6) is 0.270. The Morgan fingerprint density at radius 1 is 1.32 bits per heavy atom. The summed E-state index contributed by atoms with van der Waals surface area (Å²) in [6.07, 6.45) is 1.33. The number of carbonyl (C=O) groups is 1. The molecule has 0 saturated heterocycles. The molecule has 0 aliphatic rings. The van der Waals surface area contributed by atoms with Crippen LogP contribution >= 0.6 is 0 Å². The van der Waals surface area contributed by atoms with E-state index in [9.17, 15) is 4.79 Å². The van der Waals surface area contributed by atoms with Crippen LogP contribution in [0.3, 0.4) is 0 Å². The molecule has 0 radical (unpaired) electrons. The predicted octanol–water partition coefficient (Wildman–Crippen LogP) is 2.55. The minimum Gasteiger partial charge on any atom is -0.494 e. The largest absolute Gasteiger partial charge is 0.494 e. The molecule has 1 aromatic carbocycles. The number of carboxylic acid groups (broad SMARTS) is 1. The minimum atomic E-state index is -1.02. The Labute approximate surface area is 110 Å². The Bertz CT molecular complexity index is 594. The summed E-state index contributed by atoms with van der Waals surface area (Å²) in [5, 5.41) is 8.93. The molecule has 0 saturated carbocycles. The van der Waals surface area contributed by atoms with Gasteiger partial charge >= 0.3 is 5.97 Å². The van der Waals surface area contributed by atoms with Crippen LogP contribution < -0.4 is 4.74 Å². The van der Waals surface area contributed by atoms with E-state index in [0.29, 0.717) is 18.1 Å². The molecule has 5 nitrogen and oxygen atoms in total. The van der Waals surface area contributed by atoms with Crippen molar-refractivity contribution in [2.24, 2.45) is 0 Å². The second kappa shape index (κ2) is 5.48. The zero-order valence-corrected chi connectivity index (χ0v) is 10.8. The highest BCUT2D eigenvalue weighted by atomic mass is 16.5. The van der Waals surface area contributed by atoms with Gasteiger partial charge in [0, 0.05) is 11.8 Å². The molecule has 0 amide bonds. The molecule has 0 unspecified atom stereocenters. The van der Waals surface area contributed by atoms with Gasteiger partial charge in [-0.2, -0.15) is 0 Å². The van der Waals surface area contributed by atoms with Crippen molar-refractivity contribution < 1.29 is 14.6 Å². The van der Waals surface area contributed by atoms with Crippen molar-refractivity contribution in [3.8, 4) is 17.1 Å². The average Bonchev–Trinajstić information content (AvgIpc) is 2.39. The number of aromatic carboxylic acids is 1. The van der Waals surface area contributed by atoms with E-state index < -0.39 is 5.97 Å². The molecular formula is C14H14N2O3. The maximum atomic E-state index is 10.9. The highest BCUT2D eigenvalue weighted by Gasteiger charge is 2.10. The Morgan fingerprint density at radius 3 is 2.53 bits per heavy atom. The maximum absolute atomic E-state index is 10.9. The fourth-order valence-electron chi connectivity index (χ4n) is 1.68. The van der Waals surface area contributed by atoms with Crippen molar-refractivity contribution in [3.05, 3.63) is 41.7 Å². The van der Waals surface area contributed by atoms with Crippen LogP contribution in [0.4, 0.5) is 0 Å². The summed E-state index contributed by atoms with van der Waals surface area (Å²) >= 11 is 0. The summed E-state index contributed by atoms with van der Waals surface area (Å²) in [5.41, 5.74) is 1.39. The second-order valence-corrected chi connectivity index (χ2v) is 3.96. The molecule has 0 aliphatic heterocycles. The lowest BCUT2D eigenvalue weighted by atomic mass is 10.2. The number of hydrogen-bond acceptors (Lipinski definition) is 4. The number of hydrogen-bond donors (Lipinski definition) is 1. The highest BCUT2D eigenvalue weighted by molar-refractivity contribution is 5.88. The molecule has 0 aliphatic carbocycles. The molecule has 0 bridgehead atoms. The first-order chi connectivity index (χ1) is 9.11. The van der Waals surface area contributed by atoms with Gasteiger partial charge in [0.15, 0.2) is 5.82 Å². The lowest BCUT2D eigenvalue weighted by molar-refractivity contribution is 0.0695. The second-order valence-electron chi connectivity index (χ2n) is 3.96. The summed E-state index contributed by atoms with van der Waals surface area (Å²) in [4.78, 5) is 19.2. The van der Waals surface area contributed by atoms with Crippen molar-refractivity contribution in [1.82, 2.24) is 9.97 Å². The lowest BCUT2D eigenvalue weighted by Gasteiger charge is -2.06. The fourth-order valence-corrected chi connectivity index (χ4v) is 1.68. The predicted molar refractivity (Wildman–Crippen MR) is 70.3 cm³/mol. The van der Waals surface area contributed by atoms with Crippen molar-refractivity contribution in [3.63, 3.8) is 0 Å². The topological polar surface area (TPSA) is 72.3 Å². The SMILES string of the molecule is CCOc1ccc(-c2ncc(C(=O)O)c(C)n2)cc1. The zero-order chi connectivity index (χ0) is 13.8. The number of carboxylic acids is 1. The zero-order valence-electron chi connectivity index (χ0n) is 10.8. The first-order valence-corrected chi connectivity index (χ1v) is 5.92. The van der Waals surface area contributed by atoms with Crippen LogP contribution in [0, 0.1) is 6.92 Å². The van der Waals surface area contributed by atoms with Crippen LogP contribution in [0.15, 0.2) is 30.5 Å². The molecule has 0 spiro atoms. The maximum Gasteiger partial charge on any atom is 0.339 e. The summed E-state index contributed by atoms with van der Waals surface area (Å²) in [6, 6.07) is 7.37. The van der Waals surface area contributed by atoms with Crippen LogP contribution in [0.1, 0.15) is 23.0 Å². The fraction of sp³-hybridized carbons (Fsp3) is 0.214. The molecular weight excluding hydrogens is 244 g/mol. The van der Waals surface area contributed by atoms with Crippen LogP contribution in [0.2, 0.25) is 0 Å². The van der Waals surface area contributed by atoms with Gasteiger partial charge in [0.05, 0.1) is 17.9 Å². The number of aryl methyl sites for hydroxylation is 1. The van der Waals surface area contributed by atoms with E-state index in [2.05, 4.69) is 9.97 Å². The van der Waals surface area contributed by atoms with E-state index in [1.54, 1.807) is 6.92 Å². The van der Waals surface area contributed by atoms with Crippen LogP contribution in [-0.2, 0) is 0 Å². The Hall–Kier alpha value is -2.43. The van der Waals surface area contributed by atoms with Gasteiger partial charge in [-0.15, -0.1) is 0 Å². The van der Waals surface area contributed by atoms with Gasteiger partial charge < -0.3 is 9.84 Å². The van der Waals surface area contributed by atoms with Crippen molar-refractivity contribution in [1.29, 1.82) is 0 Å². The molecule has 1 aromatic heterocycles. The third-order valence-electron chi connectivity index (χ3n) is 2.63. The summed E-state index contributed by atoms with van der Waals surface area (Å²) in [6.45, 7) is 4.19. The summed E-state index contributed by atoms with van der Waals surface area (Å²) < 4.78 is 5.35. The third kappa shape index (κ3) is 2.88. The smallest absolute Gasteiger partial charge is 0.339 e. The molecule has 1 N–H and O–H groups in total. The normalized spacial score (nSPS) is 10.2. The molecule has 5 heteroatoms. The Morgan fingerprint density at radius 2 is 2.00 bits per heavy atom. The monoisotopic (exact) mass is 258 g/mol. The van der Waals surface area contributed by atoms with Crippen molar-refractivity contribution >= 4 is 5.97 Å². The van der Waals surface area contributed by atoms with Gasteiger partial charge in [-0.1, -0.05) is 0 Å². The van der Waals surface area contributed by atoms with Gasteiger partial charge in [-0.3, -0.25) is 0 Å². The molecule has 19 heavy (non-hydrogen) atoms. The van der Waals surface area contributed by atoms with E-state index in [0.717, 1.165) is 11.3 Å². The molecule has 2 aromatic rings. The van der Waals surface area contributed by atoms with Gasteiger partial charge in [0.2, 0.25) is 0 Å². The van der Waals surface area contributed by atoms with E-state index >= 15 is 0 Å². The van der Waals surface area contributed by atoms with E-state index in [-0.39, 0.29) is 5.56 Å². The summed E-state index contributed by atoms with van der Waals surface area (Å²) in [7, 11) is 0. The van der Waals surface area contributed by atoms with Gasteiger partial charge in [0.1, 0.15) is 5.75 Å². The molecule has 0 atom stereocenters. The van der Waals surface area contributed by atoms with Crippen LogP contribution in [-0.4, -0.2) is 27.7 Å². The quantitative estimate of drug-likeness (QED) is 0.912. The van der Waals surface area contributed by atoms with Crippen LogP contribution in [0.25, 0.3) is 11.4 Å². The van der Waals surface area contributed by atoms with E-state index in [1.807, 2.05) is 31.2 Å². The number of benzene rings is 1. The third-order valence-corrected chi connectivity index (χ3v) is 2.63. The number of ether oxygens (including phenoxy) is 1. The molecule has 2 rings (SSSR count). The minimum absolute atomic E-state index is 0.120. The van der Waals surface area contributed by atoms with Gasteiger partial charge in [-0.25, -0.2) is 14.8 Å². The Kier molecular flexibility index (Phi) is 3.75. The molecule has 98 valence electrons. The van der Waals surface area contributed by atoms with Crippen molar-refractivity contribution in [2.45, 2.75) is 13.8 Å². The standard InChI is InChI=1S/C14H14N2O3/c1-3-19-11-6-4-10(5-7-11)13-15-8-12(14(17)18)9(2)16-13/h4-8H,3H2,1-2H3,(H,17,18). The lowest BCUT2D eigenvalue weighted by Crippen LogP contribution is -2.04. The first kappa shape index (κ1) is 13.0. The molecule has 1 heterocycles. The van der Waals surface area contributed by atoms with Crippen LogP contribution in [0.5, 0.6) is 5.75 Å². The number of nitrogens with zero attached hydrogens (tertiary/aromatic N) is 2. The van der Waals surface area contributed by atoms with Gasteiger partial charge in [-0.05, 0) is 38.1 Å². The molecule has 0 fully saturated rings. The van der Waals surface area contributed by atoms with E-state index in [4.69, 9.17) is 9.84 Å². The number of rotatable bonds is 4. The number of aromatic nitrogens is 2. The average molecular weight is 258 g/mol. The van der Waals surface area contributed by atoms with E-state index in [1.165, 1.54) is 6.20 Å². The Balaban J connectivity index is 2.31. The first-order valence-electron chi connectivity index (χ1n) is 5.92. The van der Waals surface area contributed by atoms with Crippen molar-refractivity contribution in [2.75, 3.05) is 6.61 Å². The van der Waals surface area contributed by atoms with Gasteiger partial charge in [0.25, 0.3) is 0 Å². The highest BCUT2D eigenvalue weighted by Crippen LogP contribution is 2.20.